The van der Waals surface area contributed by atoms with Crippen LogP contribution in [0.4, 0.5) is 5.69 Å². The molecule has 0 spiro atoms. The SMILES string of the molecule is C=C(/C=C/C1=C(Sc2ccc(C(=O)O)cc2)C(=C/C=C2/N(CCC(C)C)c3ccc4ccccc4c3C2(C)C)/CC1)C(C)(C)c1c(C)ccc2ccccc12. The lowest BCUT2D eigenvalue weighted by Gasteiger charge is -2.30. The van der Waals surface area contributed by atoms with Crippen LogP contribution in [0.25, 0.3) is 21.5 Å². The molecule has 0 radical (unpaired) electrons. The predicted octanol–water partition coefficient (Wildman–Crippen LogP) is 13.9. The van der Waals surface area contributed by atoms with E-state index in [1.54, 1.807) is 23.9 Å². The fourth-order valence-electron chi connectivity index (χ4n) is 8.56. The first-order chi connectivity index (χ1) is 26.3. The van der Waals surface area contributed by atoms with Gasteiger partial charge in [0.05, 0.1) is 5.56 Å². The zero-order valence-corrected chi connectivity index (χ0v) is 34.2. The maximum Gasteiger partial charge on any atom is 0.335 e. The summed E-state index contributed by atoms with van der Waals surface area (Å²) in [4.78, 5) is 16.5. The lowest BCUT2D eigenvalue weighted by Crippen LogP contribution is -2.27. The topological polar surface area (TPSA) is 40.5 Å². The zero-order valence-electron chi connectivity index (χ0n) is 33.4. The summed E-state index contributed by atoms with van der Waals surface area (Å²) in [6, 6.07) is 33.7. The molecule has 280 valence electrons. The summed E-state index contributed by atoms with van der Waals surface area (Å²) >= 11 is 1.73. The summed E-state index contributed by atoms with van der Waals surface area (Å²) in [5.74, 6) is -0.316. The molecule has 3 nitrogen and oxygen atoms in total. The number of carboxylic acids is 1. The Hall–Kier alpha value is -5.06. The Morgan fingerprint density at radius 2 is 1.55 bits per heavy atom. The molecule has 4 heteroatoms. The van der Waals surface area contributed by atoms with E-state index in [0.29, 0.717) is 11.5 Å². The molecular weight excluding hydrogens is 691 g/mol. The largest absolute Gasteiger partial charge is 0.478 e. The number of nitrogens with zero attached hydrogens (tertiary/aromatic N) is 1. The highest BCUT2D eigenvalue weighted by Crippen LogP contribution is 2.51. The molecular formula is C51H53NO2S. The molecule has 5 aromatic carbocycles. The van der Waals surface area contributed by atoms with Crippen LogP contribution in [-0.2, 0) is 10.8 Å². The number of carbonyl (C=O) groups is 1. The number of aryl methyl sites for hydroxylation is 1. The Balaban J connectivity index is 1.29. The molecule has 5 aromatic rings. The Labute approximate surface area is 331 Å². The fraction of sp³-hybridized carbons (Fsp3) is 0.275. The van der Waals surface area contributed by atoms with Crippen LogP contribution < -0.4 is 4.90 Å². The van der Waals surface area contributed by atoms with Gasteiger partial charge in [-0.05, 0) is 123 Å². The van der Waals surface area contributed by atoms with Crippen molar-refractivity contribution in [3.63, 3.8) is 0 Å². The third kappa shape index (κ3) is 7.37. The number of carboxylic acid groups (broad SMARTS) is 1. The fourth-order valence-corrected chi connectivity index (χ4v) is 9.67. The average Bonchev–Trinajstić information content (AvgIpc) is 3.64. The van der Waals surface area contributed by atoms with Gasteiger partial charge in [-0.2, -0.15) is 0 Å². The van der Waals surface area contributed by atoms with Gasteiger partial charge in [-0.25, -0.2) is 4.79 Å². The van der Waals surface area contributed by atoms with Gasteiger partial charge >= 0.3 is 5.97 Å². The minimum atomic E-state index is -0.912. The second kappa shape index (κ2) is 15.2. The molecule has 2 aliphatic rings. The van der Waals surface area contributed by atoms with Crippen molar-refractivity contribution >= 4 is 45.0 Å². The van der Waals surface area contributed by atoms with Crippen LogP contribution in [0, 0.1) is 12.8 Å². The highest BCUT2D eigenvalue weighted by Gasteiger charge is 2.41. The molecule has 0 fully saturated rings. The normalized spacial score (nSPS) is 17.1. The molecule has 7 rings (SSSR count). The molecule has 0 amide bonds. The van der Waals surface area contributed by atoms with Gasteiger partial charge in [-0.1, -0.05) is 145 Å². The lowest BCUT2D eigenvalue weighted by atomic mass is 9.74. The smallest absolute Gasteiger partial charge is 0.335 e. The van der Waals surface area contributed by atoms with Crippen molar-refractivity contribution < 1.29 is 9.90 Å². The highest BCUT2D eigenvalue weighted by atomic mass is 32.2. The minimum Gasteiger partial charge on any atom is -0.478 e. The van der Waals surface area contributed by atoms with Crippen molar-refractivity contribution in [2.45, 2.75) is 83.5 Å². The molecule has 1 N–H and O–H groups in total. The summed E-state index contributed by atoms with van der Waals surface area (Å²) in [5, 5.41) is 14.7. The second-order valence-corrected chi connectivity index (χ2v) is 17.7. The van der Waals surface area contributed by atoms with Gasteiger partial charge in [0, 0.05) is 38.6 Å². The molecule has 0 bridgehead atoms. The van der Waals surface area contributed by atoms with Crippen LogP contribution in [0.1, 0.15) is 87.9 Å². The Kier molecular flexibility index (Phi) is 10.6. The van der Waals surface area contributed by atoms with Crippen LogP contribution in [0.3, 0.4) is 0 Å². The first-order valence-electron chi connectivity index (χ1n) is 19.6. The molecule has 1 aliphatic carbocycles. The first kappa shape index (κ1) is 38.2. The van der Waals surface area contributed by atoms with Crippen LogP contribution >= 0.6 is 11.8 Å². The maximum absolute atomic E-state index is 11.7. The number of allylic oxidation sites excluding steroid dienone is 8. The Bertz CT molecular complexity index is 2440. The van der Waals surface area contributed by atoms with Gasteiger partial charge in [0.25, 0.3) is 0 Å². The van der Waals surface area contributed by atoms with Crippen LogP contribution in [-0.4, -0.2) is 17.6 Å². The van der Waals surface area contributed by atoms with Crippen molar-refractivity contribution in [1.82, 2.24) is 0 Å². The monoisotopic (exact) mass is 743 g/mol. The van der Waals surface area contributed by atoms with E-state index in [0.717, 1.165) is 36.3 Å². The van der Waals surface area contributed by atoms with Crippen molar-refractivity contribution in [2.75, 3.05) is 11.4 Å². The number of thioether (sulfide) groups is 1. The molecule has 0 atom stereocenters. The molecule has 0 saturated carbocycles. The van der Waals surface area contributed by atoms with E-state index in [9.17, 15) is 9.90 Å². The highest BCUT2D eigenvalue weighted by molar-refractivity contribution is 8.03. The Morgan fingerprint density at radius 1 is 0.891 bits per heavy atom. The van der Waals surface area contributed by atoms with Gasteiger partial charge < -0.3 is 10.0 Å². The number of rotatable bonds is 11. The van der Waals surface area contributed by atoms with Crippen molar-refractivity contribution in [3.05, 3.63) is 178 Å². The van der Waals surface area contributed by atoms with Crippen LogP contribution in [0.2, 0.25) is 0 Å². The van der Waals surface area contributed by atoms with Gasteiger partial charge in [-0.15, -0.1) is 0 Å². The molecule has 1 aliphatic heterocycles. The number of anilines is 1. The number of hydrogen-bond acceptors (Lipinski definition) is 3. The van der Waals surface area contributed by atoms with Crippen LogP contribution in [0.5, 0.6) is 0 Å². The summed E-state index contributed by atoms with van der Waals surface area (Å²) in [6.45, 7) is 21.7. The molecule has 1 heterocycles. The van der Waals surface area contributed by atoms with Crippen molar-refractivity contribution in [2.24, 2.45) is 5.92 Å². The van der Waals surface area contributed by atoms with Crippen LogP contribution in [0.15, 0.2) is 160 Å². The summed E-state index contributed by atoms with van der Waals surface area (Å²) < 4.78 is 0. The summed E-state index contributed by atoms with van der Waals surface area (Å²) in [6.07, 6.45) is 12.2. The summed E-state index contributed by atoms with van der Waals surface area (Å²) in [7, 11) is 0. The molecule has 55 heavy (non-hydrogen) atoms. The molecule has 0 aromatic heterocycles. The average molecular weight is 744 g/mol. The number of benzene rings is 5. The number of hydrogen-bond donors (Lipinski definition) is 1. The van der Waals surface area contributed by atoms with E-state index in [4.69, 9.17) is 0 Å². The third-order valence-corrected chi connectivity index (χ3v) is 13.0. The van der Waals surface area contributed by atoms with Crippen molar-refractivity contribution in [1.29, 1.82) is 0 Å². The Morgan fingerprint density at radius 3 is 2.24 bits per heavy atom. The van der Waals surface area contributed by atoms with Gasteiger partial charge in [0.15, 0.2) is 0 Å². The lowest BCUT2D eigenvalue weighted by molar-refractivity contribution is 0.0696. The quantitative estimate of drug-likeness (QED) is 0.137. The van der Waals surface area contributed by atoms with Gasteiger partial charge in [0.2, 0.25) is 0 Å². The number of fused-ring (bicyclic) bond motifs is 4. The van der Waals surface area contributed by atoms with Crippen molar-refractivity contribution in [3.8, 4) is 0 Å². The van der Waals surface area contributed by atoms with E-state index in [1.807, 2.05) is 12.1 Å². The molecule has 0 saturated heterocycles. The third-order valence-electron chi connectivity index (χ3n) is 11.7. The summed E-state index contributed by atoms with van der Waals surface area (Å²) in [5.41, 5.74) is 10.1. The first-order valence-corrected chi connectivity index (χ1v) is 20.4. The zero-order chi connectivity index (χ0) is 39.1. The van der Waals surface area contributed by atoms with E-state index in [2.05, 4.69) is 157 Å². The van der Waals surface area contributed by atoms with Gasteiger partial charge in [-0.3, -0.25) is 0 Å². The van der Waals surface area contributed by atoms with E-state index >= 15 is 0 Å². The second-order valence-electron chi connectivity index (χ2n) is 16.6. The standard InChI is InChI=1S/C51H53NO2S/c1-33(2)31-32-52-44-29-25-37-14-10-12-16-43(37)47(44)51(7,8)45(52)30-26-39-22-21-38(48(39)55-41-27-23-40(24-28-41)49(53)54)20-18-35(4)50(5,6)46-34(3)17-19-36-13-9-11-15-42(36)46/h9-20,23-30,33H,4,21-22,31-32H2,1-3,5-8H3,(H,53,54)/b20-18+,39-26+,45-30+. The van der Waals surface area contributed by atoms with E-state index in [1.165, 1.54) is 65.7 Å². The predicted molar refractivity (Wildman–Crippen MR) is 235 cm³/mol. The van der Waals surface area contributed by atoms with E-state index < -0.39 is 5.97 Å². The maximum atomic E-state index is 11.7. The minimum absolute atomic E-state index is 0.182. The van der Waals surface area contributed by atoms with E-state index in [-0.39, 0.29) is 10.8 Å². The molecule has 0 unspecified atom stereocenters. The number of aromatic carboxylic acids is 1. The van der Waals surface area contributed by atoms with Gasteiger partial charge in [0.1, 0.15) is 0 Å².